The van der Waals surface area contributed by atoms with Crippen molar-refractivity contribution in [1.82, 2.24) is 4.98 Å². The molecule has 1 aromatic heterocycles. The van der Waals surface area contributed by atoms with Gasteiger partial charge in [-0.05, 0) is 46.8 Å². The zero-order valence-electron chi connectivity index (χ0n) is 8.69. The van der Waals surface area contributed by atoms with Gasteiger partial charge in [0.25, 0.3) is 0 Å². The quantitative estimate of drug-likeness (QED) is 0.868. The normalized spacial score (nSPS) is 18.8. The van der Waals surface area contributed by atoms with Crippen LogP contribution in [0.4, 0.5) is 0 Å². The molecular formula is C11H12BrN3S. The fourth-order valence-corrected chi connectivity index (χ4v) is 3.12. The predicted molar refractivity (Wildman–Crippen MR) is 67.9 cm³/mol. The zero-order chi connectivity index (χ0) is 11.6. The molecule has 1 aliphatic rings. The molecular weight excluding hydrogens is 286 g/mol. The molecule has 0 radical (unpaired) electrons. The smallest absolute Gasteiger partial charge is 0.116 e. The highest BCUT2D eigenvalue weighted by atomic mass is 79.9. The molecule has 1 aromatic rings. The number of halogens is 1. The van der Waals surface area contributed by atoms with Crippen LogP contribution in [0.15, 0.2) is 27.8 Å². The number of aromatic nitrogens is 1. The number of pyridine rings is 1. The molecule has 3 nitrogen and oxygen atoms in total. The first-order valence-electron chi connectivity index (χ1n) is 5.09. The summed E-state index contributed by atoms with van der Waals surface area (Å²) in [4.78, 5) is 4.25. The molecule has 0 saturated heterocycles. The highest BCUT2D eigenvalue weighted by Gasteiger charge is 2.42. The summed E-state index contributed by atoms with van der Waals surface area (Å²) >= 11 is 4.97. The van der Waals surface area contributed by atoms with Gasteiger partial charge in [-0.3, -0.25) is 0 Å². The summed E-state index contributed by atoms with van der Waals surface area (Å²) in [5.74, 6) is 0.969. The minimum absolute atomic E-state index is 0.368. The third-order valence-electron chi connectivity index (χ3n) is 2.69. The molecule has 1 unspecified atom stereocenters. The van der Waals surface area contributed by atoms with Gasteiger partial charge in [0.05, 0.1) is 6.07 Å². The average molecular weight is 298 g/mol. The van der Waals surface area contributed by atoms with Crippen molar-refractivity contribution in [3.05, 3.63) is 22.8 Å². The van der Waals surface area contributed by atoms with Crippen LogP contribution in [-0.4, -0.2) is 16.3 Å². The number of nitrogens with two attached hydrogens (primary N) is 1. The van der Waals surface area contributed by atoms with Crippen molar-refractivity contribution < 1.29 is 0 Å². The van der Waals surface area contributed by atoms with E-state index in [1.54, 1.807) is 18.0 Å². The molecule has 1 aliphatic carbocycles. The third kappa shape index (κ3) is 2.57. The van der Waals surface area contributed by atoms with Crippen LogP contribution in [-0.2, 0) is 0 Å². The van der Waals surface area contributed by atoms with E-state index >= 15 is 0 Å². The van der Waals surface area contributed by atoms with E-state index in [-0.39, 0.29) is 0 Å². The molecule has 5 heteroatoms. The second kappa shape index (κ2) is 4.74. The Morgan fingerprint density at radius 2 is 2.44 bits per heavy atom. The molecule has 84 valence electrons. The van der Waals surface area contributed by atoms with Gasteiger partial charge in [-0.25, -0.2) is 4.98 Å². The van der Waals surface area contributed by atoms with Gasteiger partial charge in [0.1, 0.15) is 10.6 Å². The minimum atomic E-state index is -0.693. The largest absolute Gasteiger partial charge is 0.312 e. The molecule has 2 N–H and O–H groups in total. The van der Waals surface area contributed by atoms with Crippen molar-refractivity contribution in [2.45, 2.75) is 23.4 Å². The molecule has 0 bridgehead atoms. The van der Waals surface area contributed by atoms with Crippen LogP contribution in [0.5, 0.6) is 0 Å². The first-order chi connectivity index (χ1) is 7.65. The minimum Gasteiger partial charge on any atom is -0.312 e. The Kier molecular flexibility index (Phi) is 3.53. The molecule has 16 heavy (non-hydrogen) atoms. The maximum atomic E-state index is 9.12. The van der Waals surface area contributed by atoms with Crippen molar-refractivity contribution in [3.8, 4) is 6.07 Å². The van der Waals surface area contributed by atoms with E-state index in [2.05, 4.69) is 27.0 Å². The lowest BCUT2D eigenvalue weighted by Crippen LogP contribution is -2.43. The molecule has 1 fully saturated rings. The number of rotatable bonds is 4. The van der Waals surface area contributed by atoms with Crippen molar-refractivity contribution >= 4 is 27.7 Å². The Balaban J connectivity index is 2.02. The van der Waals surface area contributed by atoms with E-state index in [1.165, 1.54) is 0 Å². The van der Waals surface area contributed by atoms with Crippen LogP contribution in [0.2, 0.25) is 0 Å². The van der Waals surface area contributed by atoms with Gasteiger partial charge in [0.15, 0.2) is 0 Å². The van der Waals surface area contributed by atoms with Crippen LogP contribution in [0.25, 0.3) is 0 Å². The van der Waals surface area contributed by atoms with E-state index in [9.17, 15) is 0 Å². The van der Waals surface area contributed by atoms with Crippen LogP contribution < -0.4 is 5.73 Å². The molecule has 1 atom stereocenters. The standard InChI is InChI=1S/C11H12BrN3S/c12-9-2-1-5-15-10(9)16-7-11(14,6-13)8-3-4-8/h1-2,5,8H,3-4,7,14H2. The van der Waals surface area contributed by atoms with Crippen molar-refractivity contribution in [2.24, 2.45) is 11.7 Å². The van der Waals surface area contributed by atoms with E-state index in [0.717, 1.165) is 22.3 Å². The maximum absolute atomic E-state index is 9.12. The van der Waals surface area contributed by atoms with Crippen molar-refractivity contribution in [1.29, 1.82) is 5.26 Å². The van der Waals surface area contributed by atoms with Gasteiger partial charge < -0.3 is 5.73 Å². The average Bonchev–Trinajstić information content (AvgIpc) is 3.12. The summed E-state index contributed by atoms with van der Waals surface area (Å²) < 4.78 is 0.955. The Morgan fingerprint density at radius 1 is 1.69 bits per heavy atom. The Morgan fingerprint density at radius 3 is 3.00 bits per heavy atom. The van der Waals surface area contributed by atoms with Crippen LogP contribution in [0.3, 0.4) is 0 Å². The number of hydrogen-bond donors (Lipinski definition) is 1. The first kappa shape index (κ1) is 11.9. The van der Waals surface area contributed by atoms with Gasteiger partial charge in [-0.1, -0.05) is 0 Å². The highest BCUT2D eigenvalue weighted by molar-refractivity contribution is 9.10. The second-order valence-electron chi connectivity index (χ2n) is 4.01. The Bertz CT molecular complexity index is 427. The summed E-state index contributed by atoms with van der Waals surface area (Å²) in [5, 5.41) is 10.0. The summed E-state index contributed by atoms with van der Waals surface area (Å²) in [6.45, 7) is 0. The van der Waals surface area contributed by atoms with Gasteiger partial charge in [0, 0.05) is 16.4 Å². The first-order valence-corrected chi connectivity index (χ1v) is 6.87. The van der Waals surface area contributed by atoms with Gasteiger partial charge in [-0.2, -0.15) is 5.26 Å². The molecule has 0 aliphatic heterocycles. The molecule has 1 saturated carbocycles. The summed E-state index contributed by atoms with van der Waals surface area (Å²) in [5.41, 5.74) is 5.38. The summed E-state index contributed by atoms with van der Waals surface area (Å²) in [6, 6.07) is 6.06. The number of nitrogens with zero attached hydrogens (tertiary/aromatic N) is 2. The number of hydrogen-bond acceptors (Lipinski definition) is 4. The van der Waals surface area contributed by atoms with Gasteiger partial charge >= 0.3 is 0 Å². The fourth-order valence-electron chi connectivity index (χ4n) is 1.51. The lowest BCUT2D eigenvalue weighted by atomic mass is 10.00. The van der Waals surface area contributed by atoms with Crippen LogP contribution >= 0.6 is 27.7 Å². The number of thioether (sulfide) groups is 1. The van der Waals surface area contributed by atoms with E-state index in [0.29, 0.717) is 11.7 Å². The molecule has 0 aromatic carbocycles. The number of nitriles is 1. The second-order valence-corrected chi connectivity index (χ2v) is 5.82. The highest BCUT2D eigenvalue weighted by Crippen LogP contribution is 2.40. The summed E-state index contributed by atoms with van der Waals surface area (Å²) in [7, 11) is 0. The molecule has 0 spiro atoms. The topological polar surface area (TPSA) is 62.7 Å². The third-order valence-corrected chi connectivity index (χ3v) is 4.81. The van der Waals surface area contributed by atoms with Crippen molar-refractivity contribution in [3.63, 3.8) is 0 Å². The lowest BCUT2D eigenvalue weighted by molar-refractivity contribution is 0.532. The van der Waals surface area contributed by atoms with Gasteiger partial charge in [-0.15, -0.1) is 11.8 Å². The fraction of sp³-hybridized carbons (Fsp3) is 0.455. The monoisotopic (exact) mass is 297 g/mol. The van der Waals surface area contributed by atoms with E-state index in [4.69, 9.17) is 11.0 Å². The molecule has 0 amide bonds. The Hall–Kier alpha value is -0.570. The summed E-state index contributed by atoms with van der Waals surface area (Å²) in [6.07, 6.45) is 3.90. The van der Waals surface area contributed by atoms with Gasteiger partial charge in [0.2, 0.25) is 0 Å². The SMILES string of the molecule is N#CC(N)(CSc1ncccc1Br)C1CC1. The van der Waals surface area contributed by atoms with E-state index in [1.807, 2.05) is 12.1 Å². The maximum Gasteiger partial charge on any atom is 0.116 e. The molecule has 2 rings (SSSR count). The van der Waals surface area contributed by atoms with E-state index < -0.39 is 5.54 Å². The van der Waals surface area contributed by atoms with Crippen LogP contribution in [0.1, 0.15) is 12.8 Å². The molecule has 1 heterocycles. The predicted octanol–water partition coefficient (Wildman–Crippen LogP) is 2.57. The van der Waals surface area contributed by atoms with Crippen LogP contribution in [0, 0.1) is 17.2 Å². The lowest BCUT2D eigenvalue weighted by Gasteiger charge is -2.20. The van der Waals surface area contributed by atoms with Crippen molar-refractivity contribution in [2.75, 3.05) is 5.75 Å². The zero-order valence-corrected chi connectivity index (χ0v) is 11.1. The Labute approximate surface area is 108 Å².